The van der Waals surface area contributed by atoms with Gasteiger partial charge in [0, 0.05) is 12.3 Å². The molecule has 0 heterocycles. The van der Waals surface area contributed by atoms with E-state index in [1.165, 1.54) is 0 Å². The highest BCUT2D eigenvalue weighted by Gasteiger charge is 2.17. The van der Waals surface area contributed by atoms with Gasteiger partial charge in [0.2, 0.25) is 0 Å². The van der Waals surface area contributed by atoms with Gasteiger partial charge in [-0.05, 0) is 0 Å². The molecule has 0 amide bonds. The largest absolute Gasteiger partial charge is 0.481 e. The molecule has 0 aromatic carbocycles. The van der Waals surface area contributed by atoms with E-state index in [1.807, 2.05) is 0 Å². The van der Waals surface area contributed by atoms with Crippen LogP contribution in [0.15, 0.2) is 0 Å². The van der Waals surface area contributed by atoms with Crippen LogP contribution < -0.4 is 0 Å². The molecule has 3 heteroatoms. The predicted molar refractivity (Wildman–Crippen MR) is 41.3 cm³/mol. The Kier molecular flexibility index (Phi) is 3.79. The van der Waals surface area contributed by atoms with Crippen molar-refractivity contribution in [3.63, 3.8) is 0 Å². The summed E-state index contributed by atoms with van der Waals surface area (Å²) in [5.74, 6) is -1.50. The summed E-state index contributed by atoms with van der Waals surface area (Å²) in [5.41, 5.74) is 0. The maximum atomic E-state index is 11.0. The Bertz CT molecular complexity index is 161. The van der Waals surface area contributed by atoms with Gasteiger partial charge in [-0.15, -0.1) is 0 Å². The summed E-state index contributed by atoms with van der Waals surface area (Å²) in [6.07, 6.45) is 0.146. The first-order chi connectivity index (χ1) is 4.95. The topological polar surface area (TPSA) is 54.4 Å². The lowest BCUT2D eigenvalue weighted by Gasteiger charge is -2.06. The maximum Gasteiger partial charge on any atom is 0.306 e. The molecule has 0 bridgehead atoms. The summed E-state index contributed by atoms with van der Waals surface area (Å²) in [6, 6.07) is 0. The fraction of sp³-hybridized carbons (Fsp3) is 0.750. The lowest BCUT2D eigenvalue weighted by molar-refractivity contribution is -0.143. The first-order valence-corrected chi connectivity index (χ1v) is 3.70. The zero-order valence-corrected chi connectivity index (χ0v) is 7.13. The van der Waals surface area contributed by atoms with Gasteiger partial charge in [0.15, 0.2) is 0 Å². The SMILES string of the molecule is CC(C)C(=O)C[C@@H](C)C(=O)O. The summed E-state index contributed by atoms with van der Waals surface area (Å²) in [6.45, 7) is 5.09. The smallest absolute Gasteiger partial charge is 0.306 e. The minimum absolute atomic E-state index is 0.0138. The number of hydrogen-bond donors (Lipinski definition) is 1. The second-order valence-electron chi connectivity index (χ2n) is 3.06. The standard InChI is InChI=1S/C8H14O3/c1-5(2)7(9)4-6(3)8(10)11/h5-6H,4H2,1-3H3,(H,10,11)/t6-/m1/s1. The van der Waals surface area contributed by atoms with Gasteiger partial charge in [-0.2, -0.15) is 0 Å². The Morgan fingerprint density at radius 3 is 2.00 bits per heavy atom. The highest BCUT2D eigenvalue weighted by molar-refractivity contribution is 5.84. The van der Waals surface area contributed by atoms with Gasteiger partial charge in [-0.1, -0.05) is 20.8 Å². The highest BCUT2D eigenvalue weighted by atomic mass is 16.4. The Hall–Kier alpha value is -0.860. The molecular formula is C8H14O3. The van der Waals surface area contributed by atoms with Gasteiger partial charge >= 0.3 is 5.97 Å². The van der Waals surface area contributed by atoms with Crippen LogP contribution in [-0.4, -0.2) is 16.9 Å². The van der Waals surface area contributed by atoms with Gasteiger partial charge in [0.1, 0.15) is 5.78 Å². The van der Waals surface area contributed by atoms with E-state index in [4.69, 9.17) is 5.11 Å². The summed E-state index contributed by atoms with van der Waals surface area (Å²) >= 11 is 0. The predicted octanol–water partition coefficient (Wildman–Crippen LogP) is 1.32. The molecule has 0 aromatic heterocycles. The van der Waals surface area contributed by atoms with Crippen LogP contribution in [0.5, 0.6) is 0 Å². The summed E-state index contributed by atoms with van der Waals surface area (Å²) < 4.78 is 0. The molecule has 0 unspecified atom stereocenters. The molecule has 0 fully saturated rings. The molecule has 0 aromatic rings. The Morgan fingerprint density at radius 1 is 1.27 bits per heavy atom. The number of carbonyl (C=O) groups excluding carboxylic acids is 1. The van der Waals surface area contributed by atoms with Gasteiger partial charge < -0.3 is 5.11 Å². The quantitative estimate of drug-likeness (QED) is 0.671. The first kappa shape index (κ1) is 10.1. The van der Waals surface area contributed by atoms with E-state index in [0.717, 1.165) is 0 Å². The minimum atomic E-state index is -0.904. The van der Waals surface area contributed by atoms with E-state index in [9.17, 15) is 9.59 Å². The Morgan fingerprint density at radius 2 is 1.73 bits per heavy atom. The van der Waals surface area contributed by atoms with E-state index in [0.29, 0.717) is 0 Å². The van der Waals surface area contributed by atoms with E-state index in [2.05, 4.69) is 0 Å². The van der Waals surface area contributed by atoms with Crippen LogP contribution >= 0.6 is 0 Å². The number of ketones is 1. The molecule has 0 rings (SSSR count). The fourth-order valence-electron chi connectivity index (χ4n) is 0.625. The highest BCUT2D eigenvalue weighted by Crippen LogP contribution is 2.07. The average Bonchev–Trinajstić information content (AvgIpc) is 1.87. The molecule has 1 atom stereocenters. The molecule has 0 saturated heterocycles. The molecule has 1 N–H and O–H groups in total. The molecule has 64 valence electrons. The van der Waals surface area contributed by atoms with Crippen LogP contribution in [0.25, 0.3) is 0 Å². The van der Waals surface area contributed by atoms with Crippen LogP contribution in [0.1, 0.15) is 27.2 Å². The third kappa shape index (κ3) is 3.75. The Labute approximate surface area is 66.4 Å². The molecule has 0 aliphatic rings. The van der Waals surface area contributed by atoms with Crippen molar-refractivity contribution >= 4 is 11.8 Å². The maximum absolute atomic E-state index is 11.0. The van der Waals surface area contributed by atoms with Crippen LogP contribution in [0.4, 0.5) is 0 Å². The van der Waals surface area contributed by atoms with Crippen molar-refractivity contribution in [3.05, 3.63) is 0 Å². The van der Waals surface area contributed by atoms with Gasteiger partial charge in [0.05, 0.1) is 5.92 Å². The summed E-state index contributed by atoms with van der Waals surface area (Å²) in [7, 11) is 0. The second kappa shape index (κ2) is 4.11. The molecular weight excluding hydrogens is 144 g/mol. The summed E-state index contributed by atoms with van der Waals surface area (Å²) in [4.78, 5) is 21.3. The van der Waals surface area contributed by atoms with Crippen LogP contribution in [0.2, 0.25) is 0 Å². The van der Waals surface area contributed by atoms with Crippen LogP contribution in [-0.2, 0) is 9.59 Å². The number of carbonyl (C=O) groups is 2. The van der Waals surface area contributed by atoms with Gasteiger partial charge in [0.25, 0.3) is 0 Å². The number of carboxylic acid groups (broad SMARTS) is 1. The van der Waals surface area contributed by atoms with Crippen molar-refractivity contribution in [1.29, 1.82) is 0 Å². The molecule has 0 aliphatic carbocycles. The van der Waals surface area contributed by atoms with E-state index in [-0.39, 0.29) is 18.1 Å². The van der Waals surface area contributed by atoms with Crippen molar-refractivity contribution in [2.45, 2.75) is 27.2 Å². The minimum Gasteiger partial charge on any atom is -0.481 e. The number of aliphatic carboxylic acids is 1. The van der Waals surface area contributed by atoms with Crippen molar-refractivity contribution in [2.24, 2.45) is 11.8 Å². The van der Waals surface area contributed by atoms with E-state index < -0.39 is 11.9 Å². The zero-order valence-electron chi connectivity index (χ0n) is 7.13. The molecule has 3 nitrogen and oxygen atoms in total. The number of rotatable bonds is 4. The lowest BCUT2D eigenvalue weighted by Crippen LogP contribution is -2.17. The van der Waals surface area contributed by atoms with Gasteiger partial charge in [-0.25, -0.2) is 0 Å². The molecule has 0 aliphatic heterocycles. The van der Waals surface area contributed by atoms with Crippen molar-refractivity contribution < 1.29 is 14.7 Å². The Balaban J connectivity index is 3.85. The third-order valence-corrected chi connectivity index (χ3v) is 1.57. The zero-order chi connectivity index (χ0) is 9.02. The third-order valence-electron chi connectivity index (χ3n) is 1.57. The monoisotopic (exact) mass is 158 g/mol. The van der Waals surface area contributed by atoms with Crippen LogP contribution in [0, 0.1) is 11.8 Å². The molecule has 0 saturated carbocycles. The normalized spacial score (nSPS) is 13.1. The van der Waals surface area contributed by atoms with Crippen molar-refractivity contribution in [2.75, 3.05) is 0 Å². The van der Waals surface area contributed by atoms with Crippen LogP contribution in [0.3, 0.4) is 0 Å². The van der Waals surface area contributed by atoms with Gasteiger partial charge in [-0.3, -0.25) is 9.59 Å². The summed E-state index contributed by atoms with van der Waals surface area (Å²) in [5, 5.41) is 8.46. The van der Waals surface area contributed by atoms with Crippen molar-refractivity contribution in [1.82, 2.24) is 0 Å². The molecule has 0 spiro atoms. The first-order valence-electron chi connectivity index (χ1n) is 3.70. The fourth-order valence-corrected chi connectivity index (χ4v) is 0.625. The average molecular weight is 158 g/mol. The number of Topliss-reactive ketones (excluding diaryl/α,β-unsaturated/α-hetero) is 1. The number of carboxylic acids is 1. The number of hydrogen-bond acceptors (Lipinski definition) is 2. The molecule has 0 radical (unpaired) electrons. The van der Waals surface area contributed by atoms with Crippen molar-refractivity contribution in [3.8, 4) is 0 Å². The van der Waals surface area contributed by atoms with E-state index in [1.54, 1.807) is 20.8 Å². The van der Waals surface area contributed by atoms with E-state index >= 15 is 0 Å². The second-order valence-corrected chi connectivity index (χ2v) is 3.06. The molecule has 11 heavy (non-hydrogen) atoms. The lowest BCUT2D eigenvalue weighted by atomic mass is 9.98.